The van der Waals surface area contributed by atoms with Crippen LogP contribution in [0.15, 0.2) is 48.5 Å². The SMILES string of the molecule is CCC(C(=O)NC1CCCCC1)N(Cc1cccc(OC)c1)C(=O)CCCN(c1cccc(OC)c1)S(C)(=O)=O. The molecule has 2 aromatic carbocycles. The molecule has 1 unspecified atom stereocenters. The number of nitrogens with one attached hydrogen (secondary N) is 1. The minimum atomic E-state index is -3.59. The topological polar surface area (TPSA) is 105 Å². The van der Waals surface area contributed by atoms with Gasteiger partial charge in [0.25, 0.3) is 0 Å². The van der Waals surface area contributed by atoms with Crippen LogP contribution < -0.4 is 19.1 Å². The van der Waals surface area contributed by atoms with Crippen LogP contribution in [-0.2, 0) is 26.2 Å². The predicted molar refractivity (Wildman–Crippen MR) is 157 cm³/mol. The molecule has 1 N–H and O–H groups in total. The summed E-state index contributed by atoms with van der Waals surface area (Å²) in [6, 6.07) is 13.8. The van der Waals surface area contributed by atoms with Gasteiger partial charge >= 0.3 is 0 Å². The number of hydrogen-bond donors (Lipinski definition) is 1. The van der Waals surface area contributed by atoms with Crippen molar-refractivity contribution >= 4 is 27.5 Å². The number of rotatable bonds is 14. The molecule has 0 spiro atoms. The molecular weight excluding hydrogens is 530 g/mol. The van der Waals surface area contributed by atoms with Crippen LogP contribution in [0.2, 0.25) is 0 Å². The molecule has 2 aromatic rings. The lowest BCUT2D eigenvalue weighted by atomic mass is 9.95. The molecule has 3 rings (SSSR count). The first-order valence-corrected chi connectivity index (χ1v) is 15.9. The highest BCUT2D eigenvalue weighted by Gasteiger charge is 2.30. The number of sulfonamides is 1. The summed E-state index contributed by atoms with van der Waals surface area (Å²) in [7, 11) is -0.484. The molecule has 0 bridgehead atoms. The first-order valence-electron chi connectivity index (χ1n) is 14.0. The van der Waals surface area contributed by atoms with Crippen LogP contribution in [-0.4, -0.2) is 64.2 Å². The van der Waals surface area contributed by atoms with Gasteiger partial charge in [-0.05, 0) is 55.5 Å². The molecule has 0 radical (unpaired) electrons. The zero-order chi connectivity index (χ0) is 29.1. The first kappa shape index (κ1) is 31.3. The van der Waals surface area contributed by atoms with E-state index < -0.39 is 16.1 Å². The number of carbonyl (C=O) groups excluding carboxylic acids is 2. The van der Waals surface area contributed by atoms with Gasteiger partial charge in [-0.25, -0.2) is 8.42 Å². The van der Waals surface area contributed by atoms with E-state index >= 15 is 0 Å². The Kier molecular flexibility index (Phi) is 11.7. The molecule has 2 amide bonds. The van der Waals surface area contributed by atoms with E-state index in [0.29, 0.717) is 30.0 Å². The van der Waals surface area contributed by atoms with E-state index in [1.54, 1.807) is 36.3 Å². The van der Waals surface area contributed by atoms with E-state index in [1.807, 2.05) is 31.2 Å². The van der Waals surface area contributed by atoms with Crippen LogP contribution in [0.4, 0.5) is 5.69 Å². The number of nitrogens with zero attached hydrogens (tertiary/aromatic N) is 2. The van der Waals surface area contributed by atoms with Gasteiger partial charge in [0.1, 0.15) is 17.5 Å². The van der Waals surface area contributed by atoms with Gasteiger partial charge in [-0.3, -0.25) is 13.9 Å². The number of ether oxygens (including phenoxy) is 2. The van der Waals surface area contributed by atoms with E-state index in [-0.39, 0.29) is 37.4 Å². The number of methoxy groups -OCH3 is 2. The van der Waals surface area contributed by atoms with E-state index in [0.717, 1.165) is 37.5 Å². The van der Waals surface area contributed by atoms with Crippen molar-refractivity contribution in [2.45, 2.75) is 76.9 Å². The molecule has 1 saturated carbocycles. The van der Waals surface area contributed by atoms with Gasteiger partial charge in [-0.2, -0.15) is 0 Å². The molecule has 9 nitrogen and oxygen atoms in total. The maximum atomic E-state index is 13.7. The summed E-state index contributed by atoms with van der Waals surface area (Å²) in [5.41, 5.74) is 1.33. The minimum Gasteiger partial charge on any atom is -0.497 e. The zero-order valence-electron chi connectivity index (χ0n) is 24.1. The van der Waals surface area contributed by atoms with Gasteiger partial charge in [0.05, 0.1) is 26.2 Å². The third-order valence-electron chi connectivity index (χ3n) is 7.32. The lowest BCUT2D eigenvalue weighted by molar-refractivity contribution is -0.141. The Morgan fingerprint density at radius 2 is 1.65 bits per heavy atom. The molecule has 220 valence electrons. The highest BCUT2D eigenvalue weighted by molar-refractivity contribution is 7.92. The van der Waals surface area contributed by atoms with Crippen molar-refractivity contribution in [2.24, 2.45) is 0 Å². The Balaban J connectivity index is 1.78. The zero-order valence-corrected chi connectivity index (χ0v) is 24.9. The summed E-state index contributed by atoms with van der Waals surface area (Å²) in [4.78, 5) is 28.8. The lowest BCUT2D eigenvalue weighted by Crippen LogP contribution is -2.51. The van der Waals surface area contributed by atoms with E-state index in [1.165, 1.54) is 17.8 Å². The van der Waals surface area contributed by atoms with Gasteiger partial charge in [-0.15, -0.1) is 0 Å². The summed E-state index contributed by atoms with van der Waals surface area (Å²) in [5.74, 6) is 0.875. The molecule has 10 heteroatoms. The monoisotopic (exact) mass is 573 g/mol. The third-order valence-corrected chi connectivity index (χ3v) is 8.51. The number of anilines is 1. The van der Waals surface area contributed by atoms with Crippen molar-refractivity contribution in [2.75, 3.05) is 31.3 Å². The van der Waals surface area contributed by atoms with Gasteiger partial charge in [0, 0.05) is 31.6 Å². The van der Waals surface area contributed by atoms with Crippen molar-refractivity contribution in [3.8, 4) is 11.5 Å². The summed E-state index contributed by atoms with van der Waals surface area (Å²) < 4.78 is 37.1. The molecule has 0 aromatic heterocycles. The van der Waals surface area contributed by atoms with Crippen LogP contribution in [0.3, 0.4) is 0 Å². The van der Waals surface area contributed by atoms with Gasteiger partial charge < -0.3 is 19.7 Å². The highest BCUT2D eigenvalue weighted by atomic mass is 32.2. The Bertz CT molecular complexity index is 1230. The van der Waals surface area contributed by atoms with Gasteiger partial charge in [0.2, 0.25) is 21.8 Å². The fourth-order valence-electron chi connectivity index (χ4n) is 5.20. The molecule has 1 aliphatic rings. The molecule has 0 saturated heterocycles. The lowest BCUT2D eigenvalue weighted by Gasteiger charge is -2.33. The van der Waals surface area contributed by atoms with Crippen LogP contribution >= 0.6 is 0 Å². The normalized spacial score (nSPS) is 14.7. The standard InChI is InChI=1S/C30H43N3O6S/c1-5-28(30(35)31-24-13-7-6-8-14-24)32(22-23-12-9-16-26(20-23)38-2)29(34)18-11-19-33(40(4,36)37)25-15-10-17-27(21-25)39-3/h9-10,12,15-17,20-21,24,28H,5-8,11,13-14,18-19,22H2,1-4H3,(H,31,35). The van der Waals surface area contributed by atoms with Gasteiger partial charge in [0.15, 0.2) is 0 Å². The van der Waals surface area contributed by atoms with Crippen LogP contribution in [0.5, 0.6) is 11.5 Å². The molecule has 1 aliphatic carbocycles. The van der Waals surface area contributed by atoms with Crippen molar-refractivity contribution in [1.29, 1.82) is 0 Å². The molecule has 1 fully saturated rings. The second kappa shape index (κ2) is 14.9. The van der Waals surface area contributed by atoms with Crippen LogP contribution in [0.25, 0.3) is 0 Å². The van der Waals surface area contributed by atoms with Crippen molar-refractivity contribution < 1.29 is 27.5 Å². The van der Waals surface area contributed by atoms with Crippen LogP contribution in [0.1, 0.15) is 63.9 Å². The summed E-state index contributed by atoms with van der Waals surface area (Å²) in [6.07, 6.45) is 7.28. The predicted octanol–water partition coefficient (Wildman–Crippen LogP) is 4.51. The maximum Gasteiger partial charge on any atom is 0.243 e. The molecular formula is C30H43N3O6S. The number of hydrogen-bond acceptors (Lipinski definition) is 6. The van der Waals surface area contributed by atoms with Gasteiger partial charge in [-0.1, -0.05) is 44.4 Å². The maximum absolute atomic E-state index is 13.7. The van der Waals surface area contributed by atoms with E-state index in [2.05, 4.69) is 5.32 Å². The molecule has 1 atom stereocenters. The Labute approximate surface area is 238 Å². The second-order valence-electron chi connectivity index (χ2n) is 10.3. The van der Waals surface area contributed by atoms with Crippen molar-refractivity contribution in [3.05, 3.63) is 54.1 Å². The Morgan fingerprint density at radius 1 is 1.00 bits per heavy atom. The Morgan fingerprint density at radius 3 is 2.27 bits per heavy atom. The van der Waals surface area contributed by atoms with E-state index in [4.69, 9.17) is 9.47 Å². The van der Waals surface area contributed by atoms with Crippen molar-refractivity contribution in [1.82, 2.24) is 10.2 Å². The summed E-state index contributed by atoms with van der Waals surface area (Å²) in [5, 5.41) is 3.18. The quantitative estimate of drug-likeness (QED) is 0.357. The second-order valence-corrected chi connectivity index (χ2v) is 12.2. The summed E-state index contributed by atoms with van der Waals surface area (Å²) >= 11 is 0. The number of benzene rings is 2. The minimum absolute atomic E-state index is 0.0904. The molecule has 40 heavy (non-hydrogen) atoms. The average Bonchev–Trinajstić information content (AvgIpc) is 2.95. The molecule has 0 heterocycles. The van der Waals surface area contributed by atoms with Crippen LogP contribution in [0, 0.1) is 0 Å². The highest BCUT2D eigenvalue weighted by Crippen LogP contribution is 2.25. The largest absolute Gasteiger partial charge is 0.497 e. The Hall–Kier alpha value is -3.27. The van der Waals surface area contributed by atoms with E-state index in [9.17, 15) is 18.0 Å². The average molecular weight is 574 g/mol. The smallest absolute Gasteiger partial charge is 0.243 e. The number of amides is 2. The fourth-order valence-corrected chi connectivity index (χ4v) is 6.16. The first-order chi connectivity index (χ1) is 19.2. The third kappa shape index (κ3) is 8.87. The summed E-state index contributed by atoms with van der Waals surface area (Å²) in [6.45, 7) is 2.28. The van der Waals surface area contributed by atoms with Crippen molar-refractivity contribution in [3.63, 3.8) is 0 Å². The number of carbonyl (C=O) groups is 2. The fraction of sp³-hybridized carbons (Fsp3) is 0.533. The molecule has 0 aliphatic heterocycles.